The third kappa shape index (κ3) is 81.0. The van der Waals surface area contributed by atoms with Crippen LogP contribution < -0.4 is 0 Å². The number of aliphatic hydroxyl groups is 1. The molecule has 0 aliphatic rings. The quantitative estimate of drug-likeness (QED) is 0.0169. The Balaban J connectivity index is 5.44. The first-order valence-corrected chi connectivity index (χ1v) is 46.1. The highest BCUT2D eigenvalue weighted by Gasteiger charge is 2.30. The lowest BCUT2D eigenvalue weighted by Gasteiger charge is -2.21. The van der Waals surface area contributed by atoms with E-state index in [9.17, 15) is 43.2 Å². The molecule has 0 fully saturated rings. The van der Waals surface area contributed by atoms with E-state index in [0.29, 0.717) is 25.7 Å². The molecule has 0 aliphatic carbocycles. The molecule has 0 rings (SSSR count). The largest absolute Gasteiger partial charge is 0.472 e. The van der Waals surface area contributed by atoms with Crippen LogP contribution in [0.1, 0.15) is 349 Å². The number of phosphoric acid groups is 2. The van der Waals surface area contributed by atoms with Gasteiger partial charge >= 0.3 is 39.5 Å². The van der Waals surface area contributed by atoms with E-state index in [1.165, 1.54) is 57.8 Å². The van der Waals surface area contributed by atoms with Gasteiger partial charge in [0.05, 0.1) is 26.4 Å². The number of rotatable bonds is 80. The molecule has 0 spiro atoms. The summed E-state index contributed by atoms with van der Waals surface area (Å²) in [7, 11) is -9.99. The predicted octanol–water partition coefficient (Wildman–Crippen LogP) is 25.8. The van der Waals surface area contributed by atoms with Crippen LogP contribution in [0.2, 0.25) is 0 Å². The number of carbonyl (C=O) groups excluding carboxylic acids is 4. The van der Waals surface area contributed by atoms with Crippen molar-refractivity contribution in [3.05, 3.63) is 146 Å². The molecule has 3 N–H and O–H groups in total. The maximum Gasteiger partial charge on any atom is 0.472 e. The summed E-state index contributed by atoms with van der Waals surface area (Å²) in [6.07, 6.45) is 95.1. The molecule has 0 aliphatic heterocycles. The molecule has 0 heterocycles. The van der Waals surface area contributed by atoms with Crippen molar-refractivity contribution in [2.75, 3.05) is 39.6 Å². The zero-order valence-electron chi connectivity index (χ0n) is 69.1. The van der Waals surface area contributed by atoms with Crippen LogP contribution in [0.25, 0.3) is 0 Å². The first-order chi connectivity index (χ1) is 53.7. The lowest BCUT2D eigenvalue weighted by molar-refractivity contribution is -0.161. The second kappa shape index (κ2) is 81.9. The van der Waals surface area contributed by atoms with Crippen molar-refractivity contribution in [3.8, 4) is 0 Å². The van der Waals surface area contributed by atoms with E-state index in [-0.39, 0.29) is 25.7 Å². The van der Waals surface area contributed by atoms with Gasteiger partial charge in [0.25, 0.3) is 0 Å². The normalized spacial score (nSPS) is 14.5. The van der Waals surface area contributed by atoms with E-state index in [1.807, 2.05) is 0 Å². The van der Waals surface area contributed by atoms with Crippen LogP contribution in [0.3, 0.4) is 0 Å². The first-order valence-electron chi connectivity index (χ1n) is 43.1. The minimum absolute atomic E-state index is 0.0687. The number of allylic oxidation sites excluding steroid dienone is 24. The van der Waals surface area contributed by atoms with Crippen molar-refractivity contribution < 1.29 is 80.2 Å². The Labute approximate surface area is 668 Å². The number of aliphatic hydroxyl groups excluding tert-OH is 1. The van der Waals surface area contributed by atoms with Gasteiger partial charge < -0.3 is 33.8 Å². The van der Waals surface area contributed by atoms with Gasteiger partial charge in [0.1, 0.15) is 19.3 Å². The summed E-state index contributed by atoms with van der Waals surface area (Å²) in [5, 5.41) is 10.7. The van der Waals surface area contributed by atoms with Gasteiger partial charge in [-0.15, -0.1) is 0 Å². The number of phosphoric ester groups is 2. The lowest BCUT2D eigenvalue weighted by atomic mass is 10.1. The molecule has 630 valence electrons. The fraction of sp³-hybridized carbons (Fsp3) is 0.692. The van der Waals surface area contributed by atoms with Crippen LogP contribution in [0.4, 0.5) is 0 Å². The topological polar surface area (TPSA) is 237 Å². The van der Waals surface area contributed by atoms with E-state index in [0.717, 1.165) is 212 Å². The number of carbonyl (C=O) groups is 4. The summed E-state index contributed by atoms with van der Waals surface area (Å²) < 4.78 is 68.8. The molecule has 0 amide bonds. The second-order valence-corrected chi connectivity index (χ2v) is 31.3. The molecule has 0 aromatic carbocycles. The molecule has 17 nitrogen and oxygen atoms in total. The van der Waals surface area contributed by atoms with Crippen molar-refractivity contribution in [2.45, 2.75) is 367 Å². The Morgan fingerprint density at radius 3 is 0.764 bits per heavy atom. The third-order valence-electron chi connectivity index (χ3n) is 17.8. The molecule has 5 unspecified atom stereocenters. The minimum Gasteiger partial charge on any atom is -0.462 e. The highest BCUT2D eigenvalue weighted by molar-refractivity contribution is 7.47. The van der Waals surface area contributed by atoms with E-state index in [2.05, 4.69) is 174 Å². The van der Waals surface area contributed by atoms with Crippen molar-refractivity contribution >= 4 is 39.5 Å². The number of hydrogen-bond acceptors (Lipinski definition) is 15. The molecule has 0 aromatic heterocycles. The van der Waals surface area contributed by atoms with Crippen molar-refractivity contribution in [1.29, 1.82) is 0 Å². The van der Waals surface area contributed by atoms with E-state index >= 15 is 0 Å². The Hall–Kier alpha value is -5.06. The van der Waals surface area contributed by atoms with Crippen molar-refractivity contribution in [2.24, 2.45) is 0 Å². The standard InChI is InChI=1S/C91H154O17P2/c1-5-9-13-17-21-25-29-33-37-40-42-45-49-52-56-60-64-68-72-76-89(94)102-82-87(108-91(96)78-74-70-66-62-58-54-50-46-43-41-38-34-30-26-22-18-14-10-6-2)84-106-110(99,100)104-80-85(92)79-103-109(97,98)105-83-86(107-90(95)77-73-69-65-61-57-53-47-36-32-28-24-20-16-12-8-4)81-101-88(93)75-71-67-63-59-55-51-48-44-39-35-31-27-23-19-15-11-7-3/h9,11,13,15,21-23,25-27,33-39,42-43,45-47,52,56,85-87,92H,5-8,10,12,14,16-20,24,28-32,40-41,44,48-51,53-55,57-84H2,1-4H3,(H,97,98)(H,99,100)/b13-9-,15-11-,25-21-,26-22-,27-23-,37-33-,38-34-,39-35-,45-42-,46-43-,47-36-,56-52-. The van der Waals surface area contributed by atoms with E-state index in [1.54, 1.807) is 0 Å². The van der Waals surface area contributed by atoms with Gasteiger partial charge in [0, 0.05) is 25.7 Å². The Morgan fingerprint density at radius 2 is 0.473 bits per heavy atom. The summed E-state index contributed by atoms with van der Waals surface area (Å²) in [5.74, 6) is -2.24. The van der Waals surface area contributed by atoms with Crippen LogP contribution >= 0.6 is 15.6 Å². The Kier molecular flexibility index (Phi) is 78.2. The van der Waals surface area contributed by atoms with Crippen LogP contribution in [-0.2, 0) is 65.4 Å². The minimum atomic E-state index is -5.00. The van der Waals surface area contributed by atoms with Crippen LogP contribution in [0, 0.1) is 0 Å². The first kappa shape index (κ1) is 105. The number of hydrogen-bond donors (Lipinski definition) is 3. The van der Waals surface area contributed by atoms with Gasteiger partial charge in [-0.05, 0) is 167 Å². The molecule has 0 saturated carbocycles. The SMILES string of the molecule is CC/C=C\C/C=C\C/C=C\C/C=C\C/C=C\CCCCCC(=O)OCC(COP(=O)(O)OCC(O)COP(=O)(O)OCC(COC(=O)CCCCCCCCC/C=C\C/C=C\C/C=C\CC)OC(=O)CCCCCCC/C=C\CCCCCCCC)OC(=O)CCCCCCCC/C=C\C/C=C\C/C=C\CCCCC. The maximum atomic E-state index is 13.2. The summed E-state index contributed by atoms with van der Waals surface area (Å²) in [4.78, 5) is 73.3. The Bertz CT molecular complexity index is 2650. The molecule has 110 heavy (non-hydrogen) atoms. The van der Waals surface area contributed by atoms with Crippen LogP contribution in [-0.4, -0.2) is 96.7 Å². The van der Waals surface area contributed by atoms with Gasteiger partial charge in [-0.2, -0.15) is 0 Å². The second-order valence-electron chi connectivity index (χ2n) is 28.4. The molecular weight excluding hydrogens is 1430 g/mol. The maximum absolute atomic E-state index is 13.2. The van der Waals surface area contributed by atoms with Gasteiger partial charge in [0.2, 0.25) is 0 Å². The zero-order chi connectivity index (χ0) is 80.3. The fourth-order valence-corrected chi connectivity index (χ4v) is 12.8. The van der Waals surface area contributed by atoms with E-state index in [4.69, 9.17) is 37.0 Å². The molecule has 5 atom stereocenters. The molecule has 0 saturated heterocycles. The van der Waals surface area contributed by atoms with Crippen LogP contribution in [0.15, 0.2) is 146 Å². The molecule has 0 aromatic rings. The highest BCUT2D eigenvalue weighted by Crippen LogP contribution is 2.45. The smallest absolute Gasteiger partial charge is 0.462 e. The summed E-state index contributed by atoms with van der Waals surface area (Å²) in [6, 6.07) is 0. The predicted molar refractivity (Wildman–Crippen MR) is 454 cm³/mol. The van der Waals surface area contributed by atoms with Crippen LogP contribution in [0.5, 0.6) is 0 Å². The molecule has 0 bridgehead atoms. The highest BCUT2D eigenvalue weighted by atomic mass is 31.2. The number of ether oxygens (including phenoxy) is 4. The summed E-state index contributed by atoms with van der Waals surface area (Å²) >= 11 is 0. The zero-order valence-corrected chi connectivity index (χ0v) is 70.9. The molecular formula is C91H154O17P2. The fourth-order valence-electron chi connectivity index (χ4n) is 11.3. The molecule has 19 heteroatoms. The lowest BCUT2D eigenvalue weighted by Crippen LogP contribution is -2.30. The average molecular weight is 1580 g/mol. The summed E-state index contributed by atoms with van der Waals surface area (Å²) in [6.45, 7) is 4.59. The Morgan fingerprint density at radius 1 is 0.264 bits per heavy atom. The summed E-state index contributed by atoms with van der Waals surface area (Å²) in [5.41, 5.74) is 0. The monoisotopic (exact) mass is 1580 g/mol. The number of esters is 4. The van der Waals surface area contributed by atoms with Gasteiger partial charge in [-0.25, -0.2) is 9.13 Å². The van der Waals surface area contributed by atoms with Gasteiger partial charge in [-0.3, -0.25) is 37.3 Å². The van der Waals surface area contributed by atoms with Gasteiger partial charge in [-0.1, -0.05) is 302 Å². The molecule has 0 radical (unpaired) electrons. The van der Waals surface area contributed by atoms with E-state index < -0.39 is 97.5 Å². The number of unbranched alkanes of at least 4 members (excludes halogenated alkanes) is 30. The van der Waals surface area contributed by atoms with Crippen molar-refractivity contribution in [1.82, 2.24) is 0 Å². The van der Waals surface area contributed by atoms with Crippen molar-refractivity contribution in [3.63, 3.8) is 0 Å². The third-order valence-corrected chi connectivity index (χ3v) is 19.7. The average Bonchev–Trinajstić information content (AvgIpc) is 0.900. The van der Waals surface area contributed by atoms with Gasteiger partial charge in [0.15, 0.2) is 12.2 Å².